The van der Waals surface area contributed by atoms with E-state index in [0.717, 1.165) is 36.0 Å². The average molecular weight is 651 g/mol. The summed E-state index contributed by atoms with van der Waals surface area (Å²) in [4.78, 5) is 16.2. The fourth-order valence-corrected chi connectivity index (χ4v) is 6.35. The third-order valence-corrected chi connectivity index (χ3v) is 9.70. The third kappa shape index (κ3) is 24.9. The van der Waals surface area contributed by atoms with Gasteiger partial charge in [-0.1, -0.05) is 88.7 Å². The average Bonchev–Trinajstić information content (AvgIpc) is 3.64. The number of nitrogens with one attached hydrogen (secondary N) is 1. The van der Waals surface area contributed by atoms with Gasteiger partial charge in [0.2, 0.25) is 0 Å². The Morgan fingerprint density at radius 3 is 1.59 bits per heavy atom. The molecule has 4 saturated heterocycles. The number of carbonyl (C=O) groups is 1. The van der Waals surface area contributed by atoms with Crippen molar-refractivity contribution in [1.82, 2.24) is 20.0 Å². The summed E-state index contributed by atoms with van der Waals surface area (Å²) >= 11 is 0. The van der Waals surface area contributed by atoms with Crippen LogP contribution >= 0.6 is 0 Å². The first-order valence-corrected chi connectivity index (χ1v) is 19.2. The van der Waals surface area contributed by atoms with E-state index in [4.69, 9.17) is 4.79 Å². The summed E-state index contributed by atoms with van der Waals surface area (Å²) in [5.74, 6) is 3.69. The van der Waals surface area contributed by atoms with Crippen molar-refractivity contribution >= 4 is 6.29 Å². The van der Waals surface area contributed by atoms with Crippen molar-refractivity contribution in [3.05, 3.63) is 25.4 Å². The number of nitrogens with zero attached hydrogens (tertiary/aromatic N) is 3. The molecule has 0 aliphatic carbocycles. The predicted molar refractivity (Wildman–Crippen MR) is 210 cm³/mol. The molecule has 0 saturated carbocycles. The van der Waals surface area contributed by atoms with Crippen LogP contribution in [0.5, 0.6) is 0 Å². The molecule has 5 heteroatoms. The number of allylic oxidation sites excluding steroid dienone is 1. The summed E-state index contributed by atoms with van der Waals surface area (Å²) in [6.07, 6.45) is 14.6. The number of likely N-dealkylation sites (tertiary alicyclic amines) is 3. The second-order valence-corrected chi connectivity index (χ2v) is 14.9. The van der Waals surface area contributed by atoms with E-state index >= 15 is 0 Å². The first-order chi connectivity index (χ1) is 21.8. The van der Waals surface area contributed by atoms with E-state index in [9.17, 15) is 0 Å². The van der Waals surface area contributed by atoms with Crippen molar-refractivity contribution in [3.8, 4) is 0 Å². The first kappa shape index (κ1) is 49.2. The van der Waals surface area contributed by atoms with Crippen LogP contribution in [-0.2, 0) is 4.79 Å². The highest BCUT2D eigenvalue weighted by atomic mass is 16.1. The molecule has 4 heterocycles. The lowest BCUT2D eigenvalue weighted by Crippen LogP contribution is -2.39. The zero-order valence-corrected chi connectivity index (χ0v) is 33.9. The minimum atomic E-state index is 0.235. The Hall–Kier alpha value is -1.17. The Morgan fingerprint density at radius 2 is 1.28 bits per heavy atom. The molecule has 1 atom stereocenters. The topological polar surface area (TPSA) is 38.8 Å². The Bertz CT molecular complexity index is 659. The van der Waals surface area contributed by atoms with Gasteiger partial charge in [-0.25, -0.2) is 0 Å². The second kappa shape index (κ2) is 31.1. The largest absolute Gasteiger partial charge is 0.375 e. The number of piperidine rings is 3. The van der Waals surface area contributed by atoms with Crippen molar-refractivity contribution < 1.29 is 4.79 Å². The molecule has 4 aliphatic rings. The van der Waals surface area contributed by atoms with Crippen LogP contribution in [-0.4, -0.2) is 86.9 Å². The van der Waals surface area contributed by atoms with E-state index in [1.54, 1.807) is 0 Å². The van der Waals surface area contributed by atoms with Crippen molar-refractivity contribution in [3.63, 3.8) is 0 Å². The molecule has 0 bridgehead atoms. The van der Waals surface area contributed by atoms with Crippen molar-refractivity contribution in [2.24, 2.45) is 29.1 Å². The molecule has 4 fully saturated rings. The Morgan fingerprint density at radius 1 is 0.804 bits per heavy atom. The zero-order chi connectivity index (χ0) is 36.1. The molecule has 4 aliphatic heterocycles. The number of hydrogen-bond acceptors (Lipinski definition) is 5. The third-order valence-electron chi connectivity index (χ3n) is 9.70. The van der Waals surface area contributed by atoms with Crippen LogP contribution in [0, 0.1) is 29.1 Å². The molecular weight excluding hydrogens is 564 g/mol. The number of hydrogen-bond donors (Lipinski definition) is 1. The lowest BCUT2D eigenvalue weighted by atomic mass is 9.87. The van der Waals surface area contributed by atoms with Crippen LogP contribution in [0.2, 0.25) is 0 Å². The summed E-state index contributed by atoms with van der Waals surface area (Å²) in [5.41, 5.74) is 1.55. The molecular formula is C41H86N4O. The highest BCUT2D eigenvalue weighted by molar-refractivity contribution is 5.44. The van der Waals surface area contributed by atoms with E-state index < -0.39 is 0 Å². The minimum absolute atomic E-state index is 0.235. The molecule has 0 aromatic rings. The van der Waals surface area contributed by atoms with Gasteiger partial charge in [0.25, 0.3) is 0 Å². The fraction of sp³-hybridized carbons (Fsp3) is 0.878. The van der Waals surface area contributed by atoms with Crippen LogP contribution in [0.4, 0.5) is 0 Å². The highest BCUT2D eigenvalue weighted by Crippen LogP contribution is 2.31. The summed E-state index contributed by atoms with van der Waals surface area (Å²) in [5, 5.41) is 3.22. The molecule has 0 aromatic carbocycles. The molecule has 0 radical (unpaired) electrons. The number of carbonyl (C=O) groups excluding carboxylic acids is 1. The van der Waals surface area contributed by atoms with Gasteiger partial charge in [0.05, 0.1) is 0 Å². The van der Waals surface area contributed by atoms with Gasteiger partial charge >= 0.3 is 0 Å². The lowest BCUT2D eigenvalue weighted by Gasteiger charge is -2.39. The quantitative estimate of drug-likeness (QED) is 0.242. The predicted octanol–water partition coefficient (Wildman–Crippen LogP) is 10.2. The normalized spacial score (nSPS) is 20.8. The Labute approximate surface area is 291 Å². The van der Waals surface area contributed by atoms with Gasteiger partial charge in [0, 0.05) is 30.2 Å². The van der Waals surface area contributed by atoms with E-state index in [-0.39, 0.29) is 5.41 Å². The summed E-state index contributed by atoms with van der Waals surface area (Å²) in [6.45, 7) is 42.9. The van der Waals surface area contributed by atoms with Gasteiger partial charge in [-0.15, -0.1) is 13.2 Å². The monoisotopic (exact) mass is 651 g/mol. The van der Waals surface area contributed by atoms with Crippen LogP contribution in [0.15, 0.2) is 25.4 Å². The molecule has 0 spiro atoms. The molecule has 46 heavy (non-hydrogen) atoms. The zero-order valence-electron chi connectivity index (χ0n) is 33.9. The van der Waals surface area contributed by atoms with Crippen molar-refractivity contribution in [2.45, 2.75) is 146 Å². The molecule has 0 amide bonds. The molecule has 0 aromatic heterocycles. The first-order valence-electron chi connectivity index (χ1n) is 19.2. The molecule has 1 N–H and O–H groups in total. The van der Waals surface area contributed by atoms with Gasteiger partial charge < -0.3 is 24.8 Å². The van der Waals surface area contributed by atoms with E-state index in [2.05, 4.69) is 109 Å². The number of aldehydes is 1. The van der Waals surface area contributed by atoms with Gasteiger partial charge in [0.15, 0.2) is 0 Å². The Kier molecular flexibility index (Phi) is 33.3. The smallest absolute Gasteiger partial charge is 0.116 e. The molecule has 5 nitrogen and oxygen atoms in total. The van der Waals surface area contributed by atoms with Gasteiger partial charge in [-0.2, -0.15) is 0 Å². The lowest BCUT2D eigenvalue weighted by molar-refractivity contribution is -0.106. The van der Waals surface area contributed by atoms with Gasteiger partial charge in [-0.3, -0.25) is 0 Å². The summed E-state index contributed by atoms with van der Waals surface area (Å²) in [6, 6.07) is 0.855. The fourth-order valence-electron chi connectivity index (χ4n) is 6.35. The van der Waals surface area contributed by atoms with Crippen molar-refractivity contribution in [2.75, 3.05) is 59.9 Å². The van der Waals surface area contributed by atoms with E-state index in [1.807, 2.05) is 13.8 Å². The van der Waals surface area contributed by atoms with Crippen LogP contribution in [0.1, 0.15) is 140 Å². The van der Waals surface area contributed by atoms with Gasteiger partial charge in [-0.05, 0) is 129 Å². The maximum atomic E-state index is 8.81. The van der Waals surface area contributed by atoms with E-state index in [1.165, 1.54) is 123 Å². The molecule has 276 valence electrons. The molecule has 1 unspecified atom stereocenters. The van der Waals surface area contributed by atoms with Crippen molar-refractivity contribution in [1.29, 1.82) is 0 Å². The molecule has 4 rings (SSSR count). The maximum Gasteiger partial charge on any atom is 0.116 e. The van der Waals surface area contributed by atoms with Gasteiger partial charge in [0.1, 0.15) is 6.29 Å². The van der Waals surface area contributed by atoms with Crippen LogP contribution in [0.25, 0.3) is 0 Å². The maximum absolute atomic E-state index is 8.81. The standard InChI is InChI=1S/C13H25N.2C9H19N.C4H9N.C2H4O.C2H6.C2H4/c1-6-12-7-9-14(10-8-12)11(2)13(3,4)5;1-8(2)9-4-6-10(3)7-5-9;1-8(2)9-6-4-5-7-10(9)3;1-2-4-5-3-1;1-2-3;2*1-2/h12H,2,6-10H2,1,3-5H3;2*8-9H,4-7H2,1-3H3;5H,1-4H2;2H,1H3;1-2H3;1-2H2. The SMILES string of the molecule is C1CCNC1.C=C.C=C(N1CCC(CC)CC1)C(C)(C)C.CC.CC(C)C1CCCCN1C.CC(C)C1CCN(C)CC1.CC=O. The summed E-state index contributed by atoms with van der Waals surface area (Å²) in [7, 11) is 4.47. The van der Waals surface area contributed by atoms with Crippen LogP contribution in [0.3, 0.4) is 0 Å². The van der Waals surface area contributed by atoms with Crippen LogP contribution < -0.4 is 5.32 Å². The second-order valence-electron chi connectivity index (χ2n) is 14.9. The summed E-state index contributed by atoms with van der Waals surface area (Å²) < 4.78 is 0. The van der Waals surface area contributed by atoms with E-state index in [0.29, 0.717) is 0 Å². The Balaban J connectivity index is -0.000000519. The minimum Gasteiger partial charge on any atom is -0.375 e. The highest BCUT2D eigenvalue weighted by Gasteiger charge is 2.25. The number of rotatable bonds is 4.